The fraction of sp³-hybridized carbons (Fsp3) is 0.744. The minimum Gasteiger partial charge on any atom is -0.489 e. The van der Waals surface area contributed by atoms with Gasteiger partial charge in [0.1, 0.15) is 11.9 Å². The first-order valence-electron chi connectivity index (χ1n) is 20.2. The number of ether oxygens (including phenoxy) is 1. The average Bonchev–Trinajstić information content (AvgIpc) is 3.81. The number of carboxylic acids is 1. The topological polar surface area (TPSA) is 78.8 Å². The van der Waals surface area contributed by atoms with Crippen molar-refractivity contribution in [3.63, 3.8) is 0 Å². The molecular weight excluding hydrogens is 594 g/mol. The van der Waals surface area contributed by atoms with E-state index in [1.54, 1.807) is 0 Å². The number of carboxylic acid groups (broad SMARTS) is 1. The van der Waals surface area contributed by atoms with Crippen molar-refractivity contribution in [2.45, 2.75) is 184 Å². The largest absolute Gasteiger partial charge is 0.489 e. The van der Waals surface area contributed by atoms with E-state index < -0.39 is 22.9 Å². The maximum Gasteiger partial charge on any atom is 0.311 e. The lowest BCUT2D eigenvalue weighted by Gasteiger charge is -2.60. The van der Waals surface area contributed by atoms with E-state index in [1.165, 1.54) is 100 Å². The molecule has 48 heavy (non-hydrogen) atoms. The Morgan fingerprint density at radius 3 is 2.48 bits per heavy atom. The normalized spacial score (nSPS) is 28.2. The first kappa shape index (κ1) is 35.7. The van der Waals surface area contributed by atoms with Crippen molar-refractivity contribution >= 4 is 5.97 Å². The Balaban J connectivity index is 1.02. The quantitative estimate of drug-likeness (QED) is 0.0853. The van der Waals surface area contributed by atoms with E-state index in [4.69, 9.17) is 4.74 Å². The van der Waals surface area contributed by atoms with E-state index in [-0.39, 0.29) is 18.1 Å². The second kappa shape index (κ2) is 16.3. The van der Waals surface area contributed by atoms with E-state index in [9.17, 15) is 15.0 Å². The predicted molar refractivity (Wildman–Crippen MR) is 196 cm³/mol. The summed E-state index contributed by atoms with van der Waals surface area (Å²) in [6, 6.07) is 4.32. The number of aliphatic carboxylic acids is 1. The standard InChI is InChI=1S/C43H65NO4/c1-3-4-5-6-7-8-9-10-11-12-13-14-15-18-31(2)19-16-20-33(29-32-22-23-32)38(41(45)46)35-25-24-34-30-36-43(47)26-17-21-37-42(43,27-28-44-36)39(34)40(35)48-37/h10-11,24-25,32-33,36-38,44,47H,2-9,12-23,26-30H2,1H3,(H,45,46)/b11-10-/t33?,36?,37-,38?,42+,43+/m0/s1. The Bertz CT molecular complexity index is 1280. The summed E-state index contributed by atoms with van der Waals surface area (Å²) >= 11 is 0. The number of piperidine rings is 1. The van der Waals surface area contributed by atoms with Gasteiger partial charge in [-0.25, -0.2) is 0 Å². The Labute approximate surface area is 291 Å². The maximum absolute atomic E-state index is 13.2. The number of unbranched alkanes of at least 4 members (excludes halogenated alkanes) is 9. The fourth-order valence-electron chi connectivity index (χ4n) is 10.3. The van der Waals surface area contributed by atoms with Crippen LogP contribution < -0.4 is 10.1 Å². The van der Waals surface area contributed by atoms with Crippen LogP contribution in [-0.2, 0) is 16.6 Å². The van der Waals surface area contributed by atoms with E-state index >= 15 is 0 Å². The van der Waals surface area contributed by atoms with E-state index in [1.807, 2.05) is 0 Å². The number of carbonyl (C=O) groups is 1. The van der Waals surface area contributed by atoms with Gasteiger partial charge in [0, 0.05) is 17.2 Å². The van der Waals surface area contributed by atoms with Gasteiger partial charge in [-0.3, -0.25) is 4.79 Å². The molecule has 0 aromatic heterocycles. The second-order valence-corrected chi connectivity index (χ2v) is 16.4. The van der Waals surface area contributed by atoms with Crippen LogP contribution in [0.3, 0.4) is 0 Å². The predicted octanol–water partition coefficient (Wildman–Crippen LogP) is 10.1. The smallest absolute Gasteiger partial charge is 0.311 e. The molecule has 266 valence electrons. The summed E-state index contributed by atoms with van der Waals surface area (Å²) in [6.45, 7) is 7.58. The number of allylic oxidation sites excluding steroid dienone is 3. The van der Waals surface area contributed by atoms with Crippen molar-refractivity contribution in [1.82, 2.24) is 5.32 Å². The first-order valence-corrected chi connectivity index (χ1v) is 20.2. The summed E-state index contributed by atoms with van der Waals surface area (Å²) in [7, 11) is 0. The Kier molecular flexibility index (Phi) is 12.1. The summed E-state index contributed by atoms with van der Waals surface area (Å²) in [5.74, 6) is 0.281. The molecule has 3 unspecified atom stereocenters. The van der Waals surface area contributed by atoms with Crippen LogP contribution in [0.5, 0.6) is 5.75 Å². The molecule has 1 aromatic carbocycles. The summed E-state index contributed by atoms with van der Waals surface area (Å²) in [5, 5.41) is 26.7. The van der Waals surface area contributed by atoms with E-state index in [2.05, 4.69) is 43.1 Å². The molecule has 3 N–H and O–H groups in total. The first-order chi connectivity index (χ1) is 23.4. The monoisotopic (exact) mass is 659 g/mol. The molecule has 1 saturated heterocycles. The molecule has 6 atom stereocenters. The van der Waals surface area contributed by atoms with Gasteiger partial charge in [-0.05, 0) is 120 Å². The number of rotatable bonds is 22. The Morgan fingerprint density at radius 1 is 1.00 bits per heavy atom. The molecule has 2 bridgehead atoms. The molecule has 5 heteroatoms. The molecule has 6 rings (SSSR count). The molecule has 1 aromatic rings. The minimum atomic E-state index is -0.818. The summed E-state index contributed by atoms with van der Waals surface area (Å²) < 4.78 is 6.86. The van der Waals surface area contributed by atoms with Crippen molar-refractivity contribution in [1.29, 1.82) is 0 Å². The lowest BCUT2D eigenvalue weighted by molar-refractivity contribution is -0.149. The Morgan fingerprint density at radius 2 is 1.73 bits per heavy atom. The molecule has 2 saturated carbocycles. The third-order valence-corrected chi connectivity index (χ3v) is 13.0. The molecule has 5 aliphatic rings. The third-order valence-electron chi connectivity index (χ3n) is 13.0. The molecule has 0 radical (unpaired) electrons. The highest BCUT2D eigenvalue weighted by Gasteiger charge is 2.69. The Hall–Kier alpha value is -2.11. The van der Waals surface area contributed by atoms with Crippen molar-refractivity contribution in [3.8, 4) is 5.75 Å². The second-order valence-electron chi connectivity index (χ2n) is 16.4. The maximum atomic E-state index is 13.2. The van der Waals surface area contributed by atoms with Crippen LogP contribution >= 0.6 is 0 Å². The molecule has 1 spiro atoms. The molecule has 0 amide bonds. The van der Waals surface area contributed by atoms with Gasteiger partial charge < -0.3 is 20.3 Å². The zero-order valence-electron chi connectivity index (χ0n) is 30.1. The van der Waals surface area contributed by atoms with E-state index in [0.717, 1.165) is 82.1 Å². The van der Waals surface area contributed by atoms with Crippen molar-refractivity contribution in [3.05, 3.63) is 53.1 Å². The number of benzene rings is 1. The van der Waals surface area contributed by atoms with Gasteiger partial charge in [0.05, 0.1) is 16.9 Å². The van der Waals surface area contributed by atoms with Gasteiger partial charge in [0.2, 0.25) is 0 Å². The van der Waals surface area contributed by atoms with Gasteiger partial charge in [-0.2, -0.15) is 0 Å². The number of nitrogens with one attached hydrogen (secondary N) is 1. The lowest BCUT2D eigenvalue weighted by atomic mass is 9.49. The molecule has 5 nitrogen and oxygen atoms in total. The van der Waals surface area contributed by atoms with Crippen molar-refractivity contribution in [2.24, 2.45) is 11.8 Å². The van der Waals surface area contributed by atoms with Gasteiger partial charge in [0.15, 0.2) is 0 Å². The van der Waals surface area contributed by atoms with Gasteiger partial charge in [-0.1, -0.05) is 94.7 Å². The van der Waals surface area contributed by atoms with Crippen LogP contribution in [0.2, 0.25) is 0 Å². The average molecular weight is 660 g/mol. The van der Waals surface area contributed by atoms with Crippen LogP contribution in [0.15, 0.2) is 36.4 Å². The number of aliphatic hydroxyl groups is 1. The van der Waals surface area contributed by atoms with Crippen molar-refractivity contribution in [2.75, 3.05) is 6.54 Å². The van der Waals surface area contributed by atoms with Crippen LogP contribution in [0, 0.1) is 11.8 Å². The minimum absolute atomic E-state index is 0.0458. The van der Waals surface area contributed by atoms with Crippen LogP contribution in [0.25, 0.3) is 0 Å². The van der Waals surface area contributed by atoms with Crippen molar-refractivity contribution < 1.29 is 19.7 Å². The van der Waals surface area contributed by atoms with E-state index in [0.29, 0.717) is 5.92 Å². The van der Waals surface area contributed by atoms with Crippen LogP contribution in [-0.4, -0.2) is 40.5 Å². The molecular formula is C43H65NO4. The SMILES string of the molecule is C=C(CCCCC/C=C\CCCCCCCC)CCCC(CC1CC1)C(C(=O)O)c1ccc2c3c1O[C@H]1CCC[C@@]4(O)C(C2)NCC[C@]314. The van der Waals surface area contributed by atoms with Gasteiger partial charge >= 0.3 is 5.97 Å². The molecule has 3 aliphatic carbocycles. The lowest BCUT2D eigenvalue weighted by Crippen LogP contribution is -2.74. The third kappa shape index (κ3) is 7.48. The summed E-state index contributed by atoms with van der Waals surface area (Å²) in [5.41, 5.74) is 3.39. The summed E-state index contributed by atoms with van der Waals surface area (Å²) in [6.07, 6.45) is 30.8. The number of hydrogen-bond acceptors (Lipinski definition) is 4. The summed E-state index contributed by atoms with van der Waals surface area (Å²) in [4.78, 5) is 13.2. The highest BCUT2D eigenvalue weighted by Crippen LogP contribution is 2.64. The van der Waals surface area contributed by atoms with Gasteiger partial charge in [-0.15, -0.1) is 0 Å². The molecule has 2 heterocycles. The highest BCUT2D eigenvalue weighted by molar-refractivity contribution is 5.79. The fourth-order valence-corrected chi connectivity index (χ4v) is 10.3. The van der Waals surface area contributed by atoms with Crippen LogP contribution in [0.1, 0.15) is 171 Å². The zero-order valence-corrected chi connectivity index (χ0v) is 30.1. The zero-order chi connectivity index (χ0) is 33.6. The number of hydrogen-bond donors (Lipinski definition) is 3. The molecule has 2 aliphatic heterocycles. The molecule has 3 fully saturated rings. The highest BCUT2D eigenvalue weighted by atomic mass is 16.5. The van der Waals surface area contributed by atoms with Gasteiger partial charge in [0.25, 0.3) is 0 Å². The van der Waals surface area contributed by atoms with Crippen LogP contribution in [0.4, 0.5) is 0 Å².